The number of hydrogen-bond acceptors (Lipinski definition) is 4. The third-order valence-corrected chi connectivity index (χ3v) is 3.04. The van der Waals surface area contributed by atoms with Crippen molar-refractivity contribution in [1.82, 2.24) is 0 Å². The second kappa shape index (κ2) is 3.03. The fourth-order valence-electron chi connectivity index (χ4n) is 2.00. The SMILES string of the molecule is C=C[C@H]1O[C@](C)(OC)CC2(CO2)[C@@H]1O. The van der Waals surface area contributed by atoms with Crippen molar-refractivity contribution in [3.05, 3.63) is 12.7 Å². The molecule has 1 N–H and O–H groups in total. The molecule has 80 valence electrons. The monoisotopic (exact) mass is 200 g/mol. The van der Waals surface area contributed by atoms with Crippen LogP contribution in [-0.2, 0) is 14.2 Å². The zero-order valence-corrected chi connectivity index (χ0v) is 8.53. The number of rotatable bonds is 2. The zero-order chi connectivity index (χ0) is 10.4. The quantitative estimate of drug-likeness (QED) is 0.519. The van der Waals surface area contributed by atoms with E-state index in [1.54, 1.807) is 13.2 Å². The minimum absolute atomic E-state index is 0.420. The summed E-state index contributed by atoms with van der Waals surface area (Å²) in [6.07, 6.45) is 1.09. The molecule has 2 aliphatic heterocycles. The first-order valence-corrected chi connectivity index (χ1v) is 4.73. The molecule has 2 fully saturated rings. The number of hydrogen-bond donors (Lipinski definition) is 1. The number of aliphatic hydroxyl groups is 1. The minimum Gasteiger partial charge on any atom is -0.387 e. The van der Waals surface area contributed by atoms with Crippen molar-refractivity contribution in [2.24, 2.45) is 0 Å². The molecule has 2 rings (SSSR count). The molecule has 0 saturated carbocycles. The summed E-state index contributed by atoms with van der Waals surface area (Å²) in [7, 11) is 1.59. The normalized spacial score (nSPS) is 51.9. The Balaban J connectivity index is 2.20. The summed E-state index contributed by atoms with van der Waals surface area (Å²) in [5.41, 5.74) is -0.470. The highest BCUT2D eigenvalue weighted by atomic mass is 16.7. The Morgan fingerprint density at radius 3 is 2.71 bits per heavy atom. The van der Waals surface area contributed by atoms with Crippen LogP contribution in [0.15, 0.2) is 12.7 Å². The highest BCUT2D eigenvalue weighted by molar-refractivity contribution is 5.11. The van der Waals surface area contributed by atoms with Gasteiger partial charge in [-0.05, 0) is 6.92 Å². The van der Waals surface area contributed by atoms with Crippen LogP contribution in [0.2, 0.25) is 0 Å². The molecule has 14 heavy (non-hydrogen) atoms. The molecule has 0 aromatic carbocycles. The van der Waals surface area contributed by atoms with Gasteiger partial charge in [0.15, 0.2) is 5.79 Å². The minimum atomic E-state index is -0.686. The highest BCUT2D eigenvalue weighted by Gasteiger charge is 2.61. The van der Waals surface area contributed by atoms with Crippen molar-refractivity contribution in [2.75, 3.05) is 13.7 Å². The van der Waals surface area contributed by atoms with E-state index in [1.165, 1.54) is 0 Å². The Labute approximate surface area is 83.5 Å². The lowest BCUT2D eigenvalue weighted by atomic mass is 9.88. The van der Waals surface area contributed by atoms with E-state index in [-0.39, 0.29) is 0 Å². The van der Waals surface area contributed by atoms with E-state index in [9.17, 15) is 5.11 Å². The van der Waals surface area contributed by atoms with Gasteiger partial charge in [0, 0.05) is 13.5 Å². The lowest BCUT2D eigenvalue weighted by molar-refractivity contribution is -0.284. The van der Waals surface area contributed by atoms with Crippen LogP contribution in [0.3, 0.4) is 0 Å². The van der Waals surface area contributed by atoms with Gasteiger partial charge in [-0.3, -0.25) is 0 Å². The molecule has 0 radical (unpaired) electrons. The average Bonchev–Trinajstić information content (AvgIpc) is 2.93. The van der Waals surface area contributed by atoms with E-state index in [0.717, 1.165) is 0 Å². The van der Waals surface area contributed by atoms with Crippen LogP contribution in [0.5, 0.6) is 0 Å². The maximum atomic E-state index is 9.91. The van der Waals surface area contributed by atoms with E-state index in [1.807, 2.05) is 6.92 Å². The summed E-state index contributed by atoms with van der Waals surface area (Å²) in [6.45, 7) is 6.05. The van der Waals surface area contributed by atoms with E-state index in [0.29, 0.717) is 13.0 Å². The fourth-order valence-corrected chi connectivity index (χ4v) is 2.00. The molecule has 0 amide bonds. The summed E-state index contributed by atoms with van der Waals surface area (Å²) in [5.74, 6) is -0.686. The average molecular weight is 200 g/mol. The van der Waals surface area contributed by atoms with Gasteiger partial charge >= 0.3 is 0 Å². The van der Waals surface area contributed by atoms with Gasteiger partial charge in [0.2, 0.25) is 0 Å². The Bertz CT molecular complexity index is 249. The van der Waals surface area contributed by atoms with Crippen LogP contribution in [0, 0.1) is 0 Å². The molecule has 0 bridgehead atoms. The number of epoxide rings is 1. The van der Waals surface area contributed by atoms with Gasteiger partial charge in [-0.2, -0.15) is 0 Å². The summed E-state index contributed by atoms with van der Waals surface area (Å²) < 4.78 is 16.2. The van der Waals surface area contributed by atoms with Gasteiger partial charge in [0.1, 0.15) is 17.8 Å². The summed E-state index contributed by atoms with van der Waals surface area (Å²) in [5, 5.41) is 9.91. The molecule has 4 atom stereocenters. The van der Waals surface area contributed by atoms with E-state index >= 15 is 0 Å². The predicted octanol–water partition coefficient (Wildman–Crippen LogP) is 0.454. The van der Waals surface area contributed by atoms with E-state index in [2.05, 4.69) is 6.58 Å². The van der Waals surface area contributed by atoms with Crippen molar-refractivity contribution in [1.29, 1.82) is 0 Å². The van der Waals surface area contributed by atoms with Crippen LogP contribution in [0.4, 0.5) is 0 Å². The van der Waals surface area contributed by atoms with Crippen molar-refractivity contribution in [3.8, 4) is 0 Å². The van der Waals surface area contributed by atoms with Gasteiger partial charge in [0.05, 0.1) is 6.61 Å². The molecular weight excluding hydrogens is 184 g/mol. The topological polar surface area (TPSA) is 51.2 Å². The predicted molar refractivity (Wildman–Crippen MR) is 49.8 cm³/mol. The third kappa shape index (κ3) is 1.39. The third-order valence-electron chi connectivity index (χ3n) is 3.04. The summed E-state index contributed by atoms with van der Waals surface area (Å²) in [4.78, 5) is 0. The summed E-state index contributed by atoms with van der Waals surface area (Å²) >= 11 is 0. The standard InChI is InChI=1S/C10H16O4/c1-4-7-8(11)10(6-13-10)5-9(2,12-3)14-7/h4,7-8,11H,1,5-6H2,2-3H3/t7-,8-,9+,10?/m1/s1. The van der Waals surface area contributed by atoms with Gasteiger partial charge in [0.25, 0.3) is 0 Å². The lowest BCUT2D eigenvalue weighted by Gasteiger charge is -2.42. The van der Waals surface area contributed by atoms with Gasteiger partial charge < -0.3 is 19.3 Å². The van der Waals surface area contributed by atoms with Gasteiger partial charge in [-0.15, -0.1) is 6.58 Å². The maximum Gasteiger partial charge on any atom is 0.169 e. The molecule has 0 aromatic heterocycles. The van der Waals surface area contributed by atoms with Crippen LogP contribution < -0.4 is 0 Å². The molecule has 4 nitrogen and oxygen atoms in total. The Hall–Kier alpha value is -0.420. The second-order valence-corrected chi connectivity index (χ2v) is 4.13. The molecule has 4 heteroatoms. The lowest BCUT2D eigenvalue weighted by Crippen LogP contribution is -2.55. The van der Waals surface area contributed by atoms with Crippen LogP contribution in [0.25, 0.3) is 0 Å². The molecule has 0 aliphatic carbocycles. The first kappa shape index (κ1) is 10.1. The van der Waals surface area contributed by atoms with Crippen LogP contribution in [0.1, 0.15) is 13.3 Å². The molecule has 1 spiro atoms. The van der Waals surface area contributed by atoms with E-state index < -0.39 is 23.6 Å². The Kier molecular flexibility index (Phi) is 2.19. The largest absolute Gasteiger partial charge is 0.387 e. The molecule has 2 aliphatic rings. The van der Waals surface area contributed by atoms with Gasteiger partial charge in [-0.1, -0.05) is 6.08 Å². The first-order chi connectivity index (χ1) is 6.55. The molecular formula is C10H16O4. The van der Waals surface area contributed by atoms with Crippen molar-refractivity contribution in [2.45, 2.75) is 36.9 Å². The van der Waals surface area contributed by atoms with Crippen LogP contribution in [-0.4, -0.2) is 42.4 Å². The number of ether oxygens (including phenoxy) is 3. The smallest absolute Gasteiger partial charge is 0.169 e. The van der Waals surface area contributed by atoms with Crippen LogP contribution >= 0.6 is 0 Å². The summed E-state index contributed by atoms with van der Waals surface area (Å²) in [6, 6.07) is 0. The Morgan fingerprint density at radius 2 is 2.29 bits per heavy atom. The molecule has 2 saturated heterocycles. The molecule has 2 heterocycles. The van der Waals surface area contributed by atoms with Crippen molar-refractivity contribution < 1.29 is 19.3 Å². The van der Waals surface area contributed by atoms with E-state index in [4.69, 9.17) is 14.2 Å². The van der Waals surface area contributed by atoms with Gasteiger partial charge in [-0.25, -0.2) is 0 Å². The fraction of sp³-hybridized carbons (Fsp3) is 0.800. The number of methoxy groups -OCH3 is 1. The van der Waals surface area contributed by atoms with Crippen molar-refractivity contribution in [3.63, 3.8) is 0 Å². The first-order valence-electron chi connectivity index (χ1n) is 4.73. The molecule has 1 unspecified atom stereocenters. The highest BCUT2D eigenvalue weighted by Crippen LogP contribution is 2.46. The van der Waals surface area contributed by atoms with Crippen molar-refractivity contribution >= 4 is 0 Å². The zero-order valence-electron chi connectivity index (χ0n) is 8.53. The second-order valence-electron chi connectivity index (χ2n) is 4.13. The number of aliphatic hydroxyl groups excluding tert-OH is 1. The molecule has 0 aromatic rings. The Morgan fingerprint density at radius 1 is 1.64 bits per heavy atom. The maximum absolute atomic E-state index is 9.91.